The lowest BCUT2D eigenvalue weighted by Crippen LogP contribution is -2.53. The number of anilines is 3. The molecule has 2 aliphatic heterocycles. The molecule has 12 heteroatoms. The minimum absolute atomic E-state index is 0.0427. The van der Waals surface area contributed by atoms with Gasteiger partial charge in [-0.25, -0.2) is 22.0 Å². The monoisotopic (exact) mass is 526 g/mol. The van der Waals surface area contributed by atoms with Crippen LogP contribution < -0.4 is 20.4 Å². The highest BCUT2D eigenvalue weighted by Crippen LogP contribution is 2.33. The number of halogens is 3. The van der Waals surface area contributed by atoms with E-state index in [0.717, 1.165) is 11.2 Å². The molecule has 0 spiro atoms. The molecule has 2 atom stereocenters. The Labute approximate surface area is 207 Å². The van der Waals surface area contributed by atoms with Crippen LogP contribution in [0.5, 0.6) is 0 Å². The van der Waals surface area contributed by atoms with Crippen molar-refractivity contribution in [2.75, 3.05) is 41.0 Å². The molecule has 4 rings (SSSR count). The van der Waals surface area contributed by atoms with Crippen LogP contribution in [0.4, 0.5) is 30.6 Å². The number of piperidine rings is 1. The average Bonchev–Trinajstić information content (AvgIpc) is 3.30. The Morgan fingerprint density at radius 3 is 2.34 bits per heavy atom. The molecule has 2 fully saturated rings. The van der Waals surface area contributed by atoms with Crippen molar-refractivity contribution in [1.82, 2.24) is 5.32 Å². The molecule has 0 bridgehead atoms. The molecule has 0 saturated carbocycles. The number of nitrogens with one attached hydrogen (secondary N) is 2. The van der Waals surface area contributed by atoms with Crippen molar-refractivity contribution in [3.8, 4) is 0 Å². The molecule has 2 saturated heterocycles. The maximum atomic E-state index is 15.1. The SMILES string of the molecule is CS(=O)(=O)C1CCN(c2ccc(N3CCC[C@@H](NC(=O)Nc4ccc(Cl)cc4)C3=O)c(F)c2F)C1. The summed E-state index contributed by atoms with van der Waals surface area (Å²) in [5.74, 6) is -2.88. The predicted octanol–water partition coefficient (Wildman–Crippen LogP) is 3.56. The Balaban J connectivity index is 1.46. The molecule has 0 aliphatic carbocycles. The maximum absolute atomic E-state index is 15.1. The third-order valence-electron chi connectivity index (χ3n) is 6.27. The van der Waals surface area contributed by atoms with Crippen LogP contribution in [-0.4, -0.2) is 57.5 Å². The molecule has 188 valence electrons. The molecule has 1 unspecified atom stereocenters. The lowest BCUT2D eigenvalue weighted by Gasteiger charge is -2.33. The predicted molar refractivity (Wildman–Crippen MR) is 131 cm³/mol. The van der Waals surface area contributed by atoms with Crippen LogP contribution in [0.15, 0.2) is 36.4 Å². The van der Waals surface area contributed by atoms with Gasteiger partial charge >= 0.3 is 6.03 Å². The number of urea groups is 1. The van der Waals surface area contributed by atoms with Crippen molar-refractivity contribution in [2.24, 2.45) is 0 Å². The molecule has 2 heterocycles. The molecule has 2 aromatic carbocycles. The molecule has 2 aromatic rings. The van der Waals surface area contributed by atoms with Gasteiger partial charge in [-0.2, -0.15) is 0 Å². The number of carbonyl (C=O) groups is 2. The Kier molecular flexibility index (Phi) is 7.18. The number of hydrogen-bond donors (Lipinski definition) is 2. The Morgan fingerprint density at radius 2 is 1.69 bits per heavy atom. The van der Waals surface area contributed by atoms with Crippen LogP contribution in [0.25, 0.3) is 0 Å². The fourth-order valence-corrected chi connectivity index (χ4v) is 5.50. The summed E-state index contributed by atoms with van der Waals surface area (Å²) in [7, 11) is -3.29. The number of rotatable bonds is 5. The first-order valence-electron chi connectivity index (χ1n) is 11.1. The van der Waals surface area contributed by atoms with Crippen LogP contribution in [0.2, 0.25) is 5.02 Å². The highest BCUT2D eigenvalue weighted by Gasteiger charge is 2.35. The van der Waals surface area contributed by atoms with Crippen LogP contribution in [0, 0.1) is 11.6 Å². The van der Waals surface area contributed by atoms with Crippen molar-refractivity contribution in [1.29, 1.82) is 0 Å². The van der Waals surface area contributed by atoms with Crippen molar-refractivity contribution in [3.05, 3.63) is 53.1 Å². The van der Waals surface area contributed by atoms with E-state index < -0.39 is 44.7 Å². The summed E-state index contributed by atoms with van der Waals surface area (Å²) in [6.07, 6.45) is 2.29. The van der Waals surface area contributed by atoms with E-state index >= 15 is 8.78 Å². The Morgan fingerprint density at radius 1 is 1.03 bits per heavy atom. The zero-order valence-electron chi connectivity index (χ0n) is 18.9. The summed E-state index contributed by atoms with van der Waals surface area (Å²) in [6.45, 7) is 0.530. The molecular formula is C23H25ClF2N4O4S. The smallest absolute Gasteiger partial charge is 0.319 e. The first kappa shape index (κ1) is 25.2. The molecule has 0 radical (unpaired) electrons. The number of hydrogen-bond acceptors (Lipinski definition) is 5. The number of sulfone groups is 1. The van der Waals surface area contributed by atoms with Gasteiger partial charge in [-0.1, -0.05) is 11.6 Å². The van der Waals surface area contributed by atoms with Gasteiger partial charge in [0.05, 0.1) is 16.6 Å². The standard InChI is InChI=1S/C23H25ClF2N4O4S/c1-35(33,34)16-10-12-29(13-16)18-8-9-19(21(26)20(18)25)30-11-2-3-17(22(30)31)28-23(32)27-15-6-4-14(24)5-7-15/h4-9,16-17H,2-3,10-13H2,1H3,(H2,27,28,32)/t16?,17-/m1/s1. The summed E-state index contributed by atoms with van der Waals surface area (Å²) >= 11 is 5.83. The van der Waals surface area contributed by atoms with Gasteiger partial charge in [-0.05, 0) is 55.7 Å². The third-order valence-corrected chi connectivity index (χ3v) is 8.12. The minimum atomic E-state index is -3.29. The van der Waals surface area contributed by atoms with Crippen LogP contribution >= 0.6 is 11.6 Å². The highest BCUT2D eigenvalue weighted by molar-refractivity contribution is 7.91. The van der Waals surface area contributed by atoms with E-state index in [4.69, 9.17) is 11.6 Å². The molecular weight excluding hydrogens is 502 g/mol. The number of benzene rings is 2. The van der Waals surface area contributed by atoms with Gasteiger partial charge in [-0.15, -0.1) is 0 Å². The lowest BCUT2D eigenvalue weighted by molar-refractivity contribution is -0.121. The number of nitrogens with zero attached hydrogens (tertiary/aromatic N) is 2. The van der Waals surface area contributed by atoms with E-state index in [2.05, 4.69) is 10.6 Å². The summed E-state index contributed by atoms with van der Waals surface area (Å²) < 4.78 is 53.7. The van der Waals surface area contributed by atoms with Crippen LogP contribution in [-0.2, 0) is 14.6 Å². The van der Waals surface area contributed by atoms with Crippen molar-refractivity contribution < 1.29 is 26.8 Å². The van der Waals surface area contributed by atoms with Gasteiger partial charge in [-0.3, -0.25) is 4.79 Å². The Hall–Kier alpha value is -2.92. The van der Waals surface area contributed by atoms with E-state index in [1.807, 2.05) is 0 Å². The maximum Gasteiger partial charge on any atom is 0.319 e. The fraction of sp³-hybridized carbons (Fsp3) is 0.391. The molecule has 0 aromatic heterocycles. The second-order valence-corrected chi connectivity index (χ2v) is 11.5. The minimum Gasteiger partial charge on any atom is -0.368 e. The summed E-state index contributed by atoms with van der Waals surface area (Å²) in [5, 5.41) is 5.06. The largest absolute Gasteiger partial charge is 0.368 e. The normalized spacial score (nSPS) is 20.7. The first-order chi connectivity index (χ1) is 16.5. The Bertz CT molecular complexity index is 1240. The van der Waals surface area contributed by atoms with Gasteiger partial charge < -0.3 is 20.4 Å². The zero-order valence-corrected chi connectivity index (χ0v) is 20.5. The summed E-state index contributed by atoms with van der Waals surface area (Å²) in [6, 6.07) is 7.58. The van der Waals surface area contributed by atoms with Gasteiger partial charge in [0.2, 0.25) is 5.91 Å². The van der Waals surface area contributed by atoms with E-state index in [0.29, 0.717) is 30.0 Å². The topological polar surface area (TPSA) is 98.8 Å². The summed E-state index contributed by atoms with van der Waals surface area (Å²) in [5.41, 5.74) is 0.217. The third kappa shape index (κ3) is 5.51. The van der Waals surface area contributed by atoms with Crippen molar-refractivity contribution in [2.45, 2.75) is 30.6 Å². The second kappa shape index (κ2) is 9.98. The second-order valence-electron chi connectivity index (χ2n) is 8.71. The average molecular weight is 527 g/mol. The van der Waals surface area contributed by atoms with Crippen molar-refractivity contribution in [3.63, 3.8) is 0 Å². The van der Waals surface area contributed by atoms with Gasteiger partial charge in [0.15, 0.2) is 21.5 Å². The number of amides is 3. The van der Waals surface area contributed by atoms with E-state index in [9.17, 15) is 18.0 Å². The van der Waals surface area contributed by atoms with Crippen LogP contribution in [0.1, 0.15) is 19.3 Å². The summed E-state index contributed by atoms with van der Waals surface area (Å²) in [4.78, 5) is 28.0. The highest BCUT2D eigenvalue weighted by atomic mass is 35.5. The quantitative estimate of drug-likeness (QED) is 0.621. The van der Waals surface area contributed by atoms with Crippen molar-refractivity contribution >= 4 is 50.4 Å². The molecule has 3 amide bonds. The van der Waals surface area contributed by atoms with E-state index in [1.165, 1.54) is 17.0 Å². The van der Waals surface area contributed by atoms with Gasteiger partial charge in [0.1, 0.15) is 6.04 Å². The van der Waals surface area contributed by atoms with Crippen LogP contribution in [0.3, 0.4) is 0 Å². The molecule has 8 nitrogen and oxygen atoms in total. The molecule has 35 heavy (non-hydrogen) atoms. The molecule has 2 aliphatic rings. The lowest BCUT2D eigenvalue weighted by atomic mass is 10.0. The molecule has 2 N–H and O–H groups in total. The fourth-order valence-electron chi connectivity index (χ4n) is 4.39. The van der Waals surface area contributed by atoms with Gasteiger partial charge in [0, 0.05) is 36.6 Å². The van der Waals surface area contributed by atoms with E-state index in [1.54, 1.807) is 24.3 Å². The van der Waals surface area contributed by atoms with E-state index in [-0.39, 0.29) is 31.0 Å². The van der Waals surface area contributed by atoms with Gasteiger partial charge in [0.25, 0.3) is 0 Å². The first-order valence-corrected chi connectivity index (χ1v) is 13.4. The zero-order chi connectivity index (χ0) is 25.3. The number of carbonyl (C=O) groups excluding carboxylic acids is 2.